The van der Waals surface area contributed by atoms with E-state index >= 15 is 0 Å². The Bertz CT molecular complexity index is 2510. The molecule has 0 spiro atoms. The van der Waals surface area contributed by atoms with Gasteiger partial charge in [0.25, 0.3) is 0 Å². The molecule has 47 heavy (non-hydrogen) atoms. The van der Waals surface area contributed by atoms with E-state index in [1.165, 1.54) is 10.8 Å². The van der Waals surface area contributed by atoms with Gasteiger partial charge in [-0.3, -0.25) is 0 Å². The molecule has 7 heteroatoms. The van der Waals surface area contributed by atoms with Crippen LogP contribution in [0.25, 0.3) is 89.5 Å². The van der Waals surface area contributed by atoms with Crippen molar-refractivity contribution in [3.63, 3.8) is 0 Å². The van der Waals surface area contributed by atoms with E-state index in [0.29, 0.717) is 34.5 Å². The molecule has 0 saturated carbocycles. The van der Waals surface area contributed by atoms with Gasteiger partial charge >= 0.3 is 0 Å². The maximum Gasteiger partial charge on any atom is 0.229 e. The first-order valence-corrected chi connectivity index (χ1v) is 15.3. The van der Waals surface area contributed by atoms with Gasteiger partial charge in [-0.1, -0.05) is 121 Å². The van der Waals surface area contributed by atoms with Crippen molar-refractivity contribution in [3.8, 4) is 56.5 Å². The van der Waals surface area contributed by atoms with Gasteiger partial charge in [-0.25, -0.2) is 29.9 Å². The van der Waals surface area contributed by atoms with Gasteiger partial charge in [-0.2, -0.15) is 0 Å². The quantitative estimate of drug-likeness (QED) is 0.193. The highest BCUT2D eigenvalue weighted by molar-refractivity contribution is 6.06. The molecule has 0 aliphatic heterocycles. The van der Waals surface area contributed by atoms with Crippen molar-refractivity contribution in [2.24, 2.45) is 0 Å². The van der Waals surface area contributed by atoms with E-state index < -0.39 is 0 Å². The minimum Gasteiger partial charge on any atom is -0.434 e. The Balaban J connectivity index is 1.10. The van der Waals surface area contributed by atoms with Gasteiger partial charge in [0.2, 0.25) is 5.71 Å². The maximum atomic E-state index is 6.27. The van der Waals surface area contributed by atoms with Crippen molar-refractivity contribution in [3.05, 3.63) is 146 Å². The summed E-state index contributed by atoms with van der Waals surface area (Å²) in [5.41, 5.74) is 8.22. The molecule has 5 aromatic carbocycles. The molecule has 0 atom stereocenters. The molecular formula is C40H24N6O. The summed E-state index contributed by atoms with van der Waals surface area (Å²) in [6, 6.07) is 44.8. The third-order valence-electron chi connectivity index (χ3n) is 8.31. The van der Waals surface area contributed by atoms with Crippen LogP contribution in [0.15, 0.2) is 150 Å². The average molecular weight is 605 g/mol. The summed E-state index contributed by atoms with van der Waals surface area (Å²) < 4.78 is 6.27. The van der Waals surface area contributed by atoms with Crippen molar-refractivity contribution in [1.29, 1.82) is 0 Å². The Labute approximate surface area is 269 Å². The second-order valence-corrected chi connectivity index (χ2v) is 11.3. The Morgan fingerprint density at radius 3 is 1.68 bits per heavy atom. The molecule has 0 amide bonds. The number of pyridine rings is 1. The van der Waals surface area contributed by atoms with Gasteiger partial charge in [-0.15, -0.1) is 0 Å². The summed E-state index contributed by atoms with van der Waals surface area (Å²) in [7, 11) is 0. The minimum absolute atomic E-state index is 0.523. The third-order valence-corrected chi connectivity index (χ3v) is 8.31. The van der Waals surface area contributed by atoms with Gasteiger partial charge in [0.15, 0.2) is 23.1 Å². The van der Waals surface area contributed by atoms with E-state index in [1.807, 2.05) is 91.1 Å². The molecule has 7 nitrogen and oxygen atoms in total. The Morgan fingerprint density at radius 1 is 0.426 bits per heavy atom. The Kier molecular flexibility index (Phi) is 6.31. The second-order valence-electron chi connectivity index (χ2n) is 11.3. The number of hydrogen-bond acceptors (Lipinski definition) is 7. The fourth-order valence-corrected chi connectivity index (χ4v) is 5.91. The monoisotopic (exact) mass is 604 g/mol. The fourth-order valence-electron chi connectivity index (χ4n) is 5.91. The van der Waals surface area contributed by atoms with E-state index in [9.17, 15) is 0 Å². The smallest absolute Gasteiger partial charge is 0.229 e. The molecule has 9 aromatic rings. The van der Waals surface area contributed by atoms with Crippen LogP contribution in [0.4, 0.5) is 0 Å². The van der Waals surface area contributed by atoms with Crippen molar-refractivity contribution in [2.45, 2.75) is 0 Å². The molecule has 9 rings (SSSR count). The number of hydrogen-bond donors (Lipinski definition) is 0. The fraction of sp³-hybridized carbons (Fsp3) is 0. The van der Waals surface area contributed by atoms with Crippen molar-refractivity contribution in [1.82, 2.24) is 29.9 Å². The first kappa shape index (κ1) is 26.8. The zero-order valence-electron chi connectivity index (χ0n) is 24.9. The molecule has 220 valence electrons. The normalized spacial score (nSPS) is 11.4. The Hall–Kier alpha value is -6.60. The summed E-state index contributed by atoms with van der Waals surface area (Å²) in [5.74, 6) is 1.83. The molecule has 0 radical (unpaired) electrons. The lowest BCUT2D eigenvalue weighted by Crippen LogP contribution is -2.00. The second kappa shape index (κ2) is 11.1. The van der Waals surface area contributed by atoms with Crippen LogP contribution >= 0.6 is 0 Å². The number of rotatable bonds is 5. The number of furan rings is 1. The van der Waals surface area contributed by atoms with Crippen LogP contribution in [0.5, 0.6) is 0 Å². The summed E-state index contributed by atoms with van der Waals surface area (Å²) in [6.07, 6.45) is 3.42. The largest absolute Gasteiger partial charge is 0.434 e. The predicted molar refractivity (Wildman–Crippen MR) is 185 cm³/mol. The van der Waals surface area contributed by atoms with Crippen LogP contribution in [-0.4, -0.2) is 29.9 Å². The predicted octanol–water partition coefficient (Wildman–Crippen LogP) is 9.44. The molecule has 0 aliphatic carbocycles. The van der Waals surface area contributed by atoms with Crippen LogP contribution in [0.3, 0.4) is 0 Å². The molecule has 4 aromatic heterocycles. The Morgan fingerprint density at radius 2 is 1.00 bits per heavy atom. The maximum absolute atomic E-state index is 6.27. The van der Waals surface area contributed by atoms with Gasteiger partial charge in [0.05, 0.1) is 5.39 Å². The molecule has 0 unspecified atom stereocenters. The van der Waals surface area contributed by atoms with Crippen molar-refractivity contribution in [2.75, 3.05) is 0 Å². The highest BCUT2D eigenvalue weighted by atomic mass is 16.3. The zero-order chi connectivity index (χ0) is 31.2. The van der Waals surface area contributed by atoms with Gasteiger partial charge in [0, 0.05) is 34.0 Å². The average Bonchev–Trinajstić information content (AvgIpc) is 3.53. The van der Waals surface area contributed by atoms with E-state index in [-0.39, 0.29) is 0 Å². The number of nitrogens with zero attached hydrogens (tertiary/aromatic N) is 6. The van der Waals surface area contributed by atoms with E-state index in [4.69, 9.17) is 19.4 Å². The van der Waals surface area contributed by atoms with Crippen molar-refractivity contribution >= 4 is 33.0 Å². The topological polar surface area (TPSA) is 90.5 Å². The molecule has 0 aliphatic rings. The third kappa shape index (κ3) is 4.87. The summed E-state index contributed by atoms with van der Waals surface area (Å²) in [6.45, 7) is 0. The molecule has 0 saturated heterocycles. The van der Waals surface area contributed by atoms with Crippen LogP contribution in [-0.2, 0) is 0 Å². The molecule has 0 bridgehead atoms. The first-order chi connectivity index (χ1) is 23.3. The van der Waals surface area contributed by atoms with E-state index in [1.54, 1.807) is 6.33 Å². The zero-order valence-corrected chi connectivity index (χ0v) is 24.9. The standard InChI is InChI=1S/C40H24N6O/c1-3-10-27(11-4-1)37-44-38(28-12-5-2-6-13-28)46-39(45-37)29-18-16-26(17-19-29)34-36-35(43-24-42-34)33-22-32(23-41-40(33)47-36)31-20-15-25-9-7-8-14-30(25)21-31/h1-24H. The number of fused-ring (bicyclic) bond motifs is 4. The van der Waals surface area contributed by atoms with Crippen LogP contribution in [0.2, 0.25) is 0 Å². The first-order valence-electron chi connectivity index (χ1n) is 15.3. The summed E-state index contributed by atoms with van der Waals surface area (Å²) in [4.78, 5) is 28.4. The number of benzene rings is 5. The van der Waals surface area contributed by atoms with Gasteiger partial charge < -0.3 is 4.42 Å². The molecular weight excluding hydrogens is 580 g/mol. The minimum atomic E-state index is 0.523. The number of aromatic nitrogens is 6. The van der Waals surface area contributed by atoms with Gasteiger partial charge in [0.1, 0.15) is 17.5 Å². The lowest BCUT2D eigenvalue weighted by atomic mass is 10.0. The summed E-state index contributed by atoms with van der Waals surface area (Å²) in [5, 5.41) is 3.23. The molecule has 0 fully saturated rings. The molecule has 4 heterocycles. The van der Waals surface area contributed by atoms with E-state index in [2.05, 4.69) is 63.5 Å². The SMILES string of the molecule is c1ccc(-c2nc(-c3ccccc3)nc(-c3ccc(-c4ncnc5c4oc4ncc(-c6ccc7ccccc7c6)cc45)cc3)n2)cc1. The summed E-state index contributed by atoms with van der Waals surface area (Å²) >= 11 is 0. The van der Waals surface area contributed by atoms with Gasteiger partial charge in [-0.05, 0) is 28.5 Å². The lowest BCUT2D eigenvalue weighted by molar-refractivity contribution is 0.652. The molecule has 0 N–H and O–H groups in total. The van der Waals surface area contributed by atoms with Crippen LogP contribution in [0.1, 0.15) is 0 Å². The van der Waals surface area contributed by atoms with Crippen molar-refractivity contribution < 1.29 is 4.42 Å². The lowest BCUT2D eigenvalue weighted by Gasteiger charge is -2.09. The van der Waals surface area contributed by atoms with E-state index in [0.717, 1.165) is 44.3 Å². The highest BCUT2D eigenvalue weighted by Crippen LogP contribution is 2.35. The van der Waals surface area contributed by atoms with Crippen LogP contribution < -0.4 is 0 Å². The highest BCUT2D eigenvalue weighted by Gasteiger charge is 2.18. The van der Waals surface area contributed by atoms with Crippen LogP contribution in [0, 0.1) is 0 Å².